The van der Waals surface area contributed by atoms with E-state index in [2.05, 4.69) is 15.3 Å². The van der Waals surface area contributed by atoms with E-state index < -0.39 is 0 Å². The van der Waals surface area contributed by atoms with E-state index in [0.29, 0.717) is 6.04 Å². The van der Waals surface area contributed by atoms with Crippen LogP contribution in [0.25, 0.3) is 11.5 Å². The van der Waals surface area contributed by atoms with E-state index in [1.165, 1.54) is 12.8 Å². The Kier molecular flexibility index (Phi) is 2.42. The summed E-state index contributed by atoms with van der Waals surface area (Å²) in [7, 11) is 0. The first-order valence-corrected chi connectivity index (χ1v) is 5.50. The molecule has 16 heavy (non-hydrogen) atoms. The lowest BCUT2D eigenvalue weighted by Crippen LogP contribution is -2.14. The average molecular weight is 215 g/mol. The van der Waals surface area contributed by atoms with Gasteiger partial charge in [-0.05, 0) is 25.0 Å². The Hall–Kier alpha value is -1.68. The van der Waals surface area contributed by atoms with Gasteiger partial charge in [0.15, 0.2) is 5.76 Å². The van der Waals surface area contributed by atoms with Crippen molar-refractivity contribution < 1.29 is 4.42 Å². The van der Waals surface area contributed by atoms with E-state index in [4.69, 9.17) is 4.42 Å². The standard InChI is InChI=1S/C12H13N3O/c1-2-9(1)15-7-10-3-4-12(16-10)11-8-13-5-6-14-11/h3-6,8-9,15H,1-2,7H2. The van der Waals surface area contributed by atoms with Gasteiger partial charge in [0.2, 0.25) is 0 Å². The Balaban J connectivity index is 1.71. The third-order valence-corrected chi connectivity index (χ3v) is 2.62. The Bertz CT molecular complexity index is 462. The first-order chi connectivity index (χ1) is 7.92. The topological polar surface area (TPSA) is 51.0 Å². The SMILES string of the molecule is c1cnc(-c2ccc(CNC3CC3)o2)cn1. The molecule has 4 nitrogen and oxygen atoms in total. The molecule has 0 saturated heterocycles. The molecule has 0 aliphatic heterocycles. The van der Waals surface area contributed by atoms with Crippen LogP contribution in [-0.4, -0.2) is 16.0 Å². The fourth-order valence-electron chi connectivity index (χ4n) is 1.57. The molecule has 1 aliphatic rings. The van der Waals surface area contributed by atoms with Gasteiger partial charge in [0.05, 0.1) is 12.7 Å². The molecule has 2 heterocycles. The minimum absolute atomic E-state index is 0.699. The molecule has 4 heteroatoms. The van der Waals surface area contributed by atoms with Crippen molar-refractivity contribution >= 4 is 0 Å². The minimum Gasteiger partial charge on any atom is -0.458 e. The van der Waals surface area contributed by atoms with E-state index in [1.807, 2.05) is 12.1 Å². The van der Waals surface area contributed by atoms with Crippen molar-refractivity contribution in [1.29, 1.82) is 0 Å². The molecular formula is C12H13N3O. The van der Waals surface area contributed by atoms with Crippen LogP contribution in [0, 0.1) is 0 Å². The largest absolute Gasteiger partial charge is 0.458 e. The number of aromatic nitrogens is 2. The fraction of sp³-hybridized carbons (Fsp3) is 0.333. The van der Waals surface area contributed by atoms with E-state index >= 15 is 0 Å². The lowest BCUT2D eigenvalue weighted by Gasteiger charge is -1.98. The minimum atomic E-state index is 0.699. The van der Waals surface area contributed by atoms with Crippen LogP contribution in [-0.2, 0) is 6.54 Å². The monoisotopic (exact) mass is 215 g/mol. The van der Waals surface area contributed by atoms with Crippen LogP contribution >= 0.6 is 0 Å². The quantitative estimate of drug-likeness (QED) is 0.847. The predicted molar refractivity (Wildman–Crippen MR) is 59.6 cm³/mol. The second-order valence-electron chi connectivity index (χ2n) is 4.01. The molecule has 1 fully saturated rings. The van der Waals surface area contributed by atoms with Crippen molar-refractivity contribution in [3.05, 3.63) is 36.5 Å². The second-order valence-corrected chi connectivity index (χ2v) is 4.01. The van der Waals surface area contributed by atoms with Crippen LogP contribution in [0.3, 0.4) is 0 Å². The summed E-state index contributed by atoms with van der Waals surface area (Å²) in [6.45, 7) is 0.797. The predicted octanol–water partition coefficient (Wildman–Crippen LogP) is 1.99. The zero-order valence-electron chi connectivity index (χ0n) is 8.89. The summed E-state index contributed by atoms with van der Waals surface area (Å²) < 4.78 is 5.68. The van der Waals surface area contributed by atoms with Gasteiger partial charge in [-0.25, -0.2) is 4.98 Å². The first kappa shape index (κ1) is 9.54. The Labute approximate surface area is 93.7 Å². The summed E-state index contributed by atoms with van der Waals surface area (Å²) in [6.07, 6.45) is 7.61. The second kappa shape index (κ2) is 4.06. The van der Waals surface area contributed by atoms with Crippen molar-refractivity contribution in [2.75, 3.05) is 0 Å². The third-order valence-electron chi connectivity index (χ3n) is 2.62. The molecule has 0 spiro atoms. The highest BCUT2D eigenvalue weighted by Crippen LogP contribution is 2.22. The Morgan fingerprint density at radius 2 is 2.25 bits per heavy atom. The van der Waals surface area contributed by atoms with Crippen LogP contribution in [0.15, 0.2) is 35.1 Å². The molecular weight excluding hydrogens is 202 g/mol. The molecule has 2 aromatic rings. The van der Waals surface area contributed by atoms with E-state index in [-0.39, 0.29) is 0 Å². The fourth-order valence-corrected chi connectivity index (χ4v) is 1.57. The molecule has 0 bridgehead atoms. The van der Waals surface area contributed by atoms with Crippen LogP contribution in [0.4, 0.5) is 0 Å². The number of rotatable bonds is 4. The Morgan fingerprint density at radius 1 is 1.31 bits per heavy atom. The molecule has 2 aromatic heterocycles. The van der Waals surface area contributed by atoms with Gasteiger partial charge in [0.25, 0.3) is 0 Å². The number of nitrogens with zero attached hydrogens (tertiary/aromatic N) is 2. The van der Waals surface area contributed by atoms with Crippen molar-refractivity contribution in [2.24, 2.45) is 0 Å². The first-order valence-electron chi connectivity index (χ1n) is 5.50. The number of hydrogen-bond donors (Lipinski definition) is 1. The zero-order valence-corrected chi connectivity index (χ0v) is 8.89. The Morgan fingerprint density at radius 3 is 3.00 bits per heavy atom. The van der Waals surface area contributed by atoms with Crippen molar-refractivity contribution in [3.63, 3.8) is 0 Å². The van der Waals surface area contributed by atoms with Crippen LogP contribution in [0.5, 0.6) is 0 Å². The molecule has 3 rings (SSSR count). The van der Waals surface area contributed by atoms with Gasteiger partial charge in [-0.15, -0.1) is 0 Å². The molecule has 0 amide bonds. The van der Waals surface area contributed by atoms with Crippen molar-refractivity contribution in [1.82, 2.24) is 15.3 Å². The number of nitrogens with one attached hydrogen (secondary N) is 1. The van der Waals surface area contributed by atoms with Crippen LogP contribution in [0.2, 0.25) is 0 Å². The van der Waals surface area contributed by atoms with Crippen molar-refractivity contribution in [2.45, 2.75) is 25.4 Å². The summed E-state index contributed by atoms with van der Waals surface area (Å²) in [5.74, 6) is 1.73. The smallest absolute Gasteiger partial charge is 0.154 e. The normalized spacial score (nSPS) is 15.2. The van der Waals surface area contributed by atoms with Gasteiger partial charge in [-0.2, -0.15) is 0 Å². The molecule has 1 aliphatic carbocycles. The summed E-state index contributed by atoms with van der Waals surface area (Å²) in [6, 6.07) is 4.62. The lowest BCUT2D eigenvalue weighted by molar-refractivity contribution is 0.491. The highest BCUT2D eigenvalue weighted by molar-refractivity contribution is 5.50. The third kappa shape index (κ3) is 2.12. The summed E-state index contributed by atoms with van der Waals surface area (Å²) in [5, 5.41) is 3.41. The molecule has 0 aromatic carbocycles. The maximum Gasteiger partial charge on any atom is 0.154 e. The van der Waals surface area contributed by atoms with Crippen LogP contribution in [0.1, 0.15) is 18.6 Å². The molecule has 0 unspecified atom stereocenters. The van der Waals surface area contributed by atoms with Crippen molar-refractivity contribution in [3.8, 4) is 11.5 Å². The molecule has 0 atom stereocenters. The van der Waals surface area contributed by atoms with Gasteiger partial charge in [-0.1, -0.05) is 0 Å². The van der Waals surface area contributed by atoms with E-state index in [9.17, 15) is 0 Å². The highest BCUT2D eigenvalue weighted by atomic mass is 16.3. The highest BCUT2D eigenvalue weighted by Gasteiger charge is 2.20. The summed E-state index contributed by atoms with van der Waals surface area (Å²) >= 11 is 0. The maximum atomic E-state index is 5.68. The average Bonchev–Trinajstić information content (AvgIpc) is 3.05. The number of hydrogen-bond acceptors (Lipinski definition) is 4. The van der Waals surface area contributed by atoms with Gasteiger partial charge in [0.1, 0.15) is 11.5 Å². The summed E-state index contributed by atoms with van der Waals surface area (Å²) in [4.78, 5) is 8.21. The van der Waals surface area contributed by atoms with Crippen LogP contribution < -0.4 is 5.32 Å². The van der Waals surface area contributed by atoms with E-state index in [0.717, 1.165) is 23.8 Å². The van der Waals surface area contributed by atoms with Gasteiger partial charge in [-0.3, -0.25) is 4.98 Å². The number of furan rings is 1. The van der Waals surface area contributed by atoms with E-state index in [1.54, 1.807) is 18.6 Å². The summed E-state index contributed by atoms with van der Waals surface area (Å²) in [5.41, 5.74) is 0.778. The molecule has 1 N–H and O–H groups in total. The molecule has 0 radical (unpaired) electrons. The molecule has 1 saturated carbocycles. The zero-order chi connectivity index (χ0) is 10.8. The lowest BCUT2D eigenvalue weighted by atomic mass is 10.3. The maximum absolute atomic E-state index is 5.68. The van der Waals surface area contributed by atoms with Gasteiger partial charge in [0, 0.05) is 18.4 Å². The molecule has 82 valence electrons. The van der Waals surface area contributed by atoms with Gasteiger partial charge < -0.3 is 9.73 Å². The van der Waals surface area contributed by atoms with Gasteiger partial charge >= 0.3 is 0 Å².